The molecule has 0 aliphatic carbocycles. The van der Waals surface area contributed by atoms with E-state index < -0.39 is 0 Å². The van der Waals surface area contributed by atoms with E-state index >= 15 is 0 Å². The van der Waals surface area contributed by atoms with Crippen molar-refractivity contribution in [2.24, 2.45) is 0 Å². The number of rotatable bonds is 2. The molecule has 1 aliphatic rings. The van der Waals surface area contributed by atoms with Gasteiger partial charge in [-0.3, -0.25) is 9.13 Å². The van der Waals surface area contributed by atoms with Crippen LogP contribution in [-0.2, 0) is 0 Å². The Morgan fingerprint density at radius 3 is 2.07 bits per heavy atom. The maximum absolute atomic E-state index is 2.49. The lowest BCUT2D eigenvalue weighted by Crippen LogP contribution is -2.05. The molecular formula is C40H24N2S. The number of hydrogen-bond acceptors (Lipinski definition) is 1. The molecule has 0 N–H and O–H groups in total. The van der Waals surface area contributed by atoms with Crippen LogP contribution in [0.1, 0.15) is 0 Å². The van der Waals surface area contributed by atoms with Gasteiger partial charge in [-0.15, -0.1) is 0 Å². The minimum Gasteiger partial charge on any atom is -0.295 e. The van der Waals surface area contributed by atoms with Crippen molar-refractivity contribution in [2.45, 2.75) is 9.79 Å². The first-order chi connectivity index (χ1) is 21.3. The summed E-state index contributed by atoms with van der Waals surface area (Å²) in [5, 5.41) is 9.06. The van der Waals surface area contributed by atoms with Crippen LogP contribution in [0.2, 0.25) is 0 Å². The van der Waals surface area contributed by atoms with Gasteiger partial charge in [0.25, 0.3) is 0 Å². The molecule has 0 bridgehead atoms. The molecule has 0 amide bonds. The molecule has 2 aromatic heterocycles. The second kappa shape index (κ2) is 8.64. The van der Waals surface area contributed by atoms with E-state index in [1.165, 1.54) is 81.0 Å². The fourth-order valence-corrected chi connectivity index (χ4v) is 8.28. The highest BCUT2D eigenvalue weighted by Gasteiger charge is 2.27. The molecule has 3 heterocycles. The summed E-state index contributed by atoms with van der Waals surface area (Å²) in [6, 6.07) is 53.4. The highest BCUT2D eigenvalue weighted by molar-refractivity contribution is 7.99. The van der Waals surface area contributed by atoms with Crippen molar-refractivity contribution in [3.63, 3.8) is 0 Å². The number of fused-ring (bicyclic) bond motifs is 10. The largest absolute Gasteiger partial charge is 0.295 e. The van der Waals surface area contributed by atoms with Crippen LogP contribution < -0.4 is 0 Å². The third-order valence-corrected chi connectivity index (χ3v) is 10.2. The smallest absolute Gasteiger partial charge is 0.131 e. The second-order valence-electron chi connectivity index (χ2n) is 11.4. The fraction of sp³-hybridized carbons (Fsp3) is 0. The monoisotopic (exact) mass is 564 g/mol. The van der Waals surface area contributed by atoms with E-state index in [-0.39, 0.29) is 0 Å². The summed E-state index contributed by atoms with van der Waals surface area (Å²) in [7, 11) is 0. The summed E-state index contributed by atoms with van der Waals surface area (Å²) < 4.78 is 4.95. The first kappa shape index (κ1) is 23.3. The summed E-state index contributed by atoms with van der Waals surface area (Å²) in [5.74, 6) is 0. The topological polar surface area (TPSA) is 9.86 Å². The first-order valence-electron chi connectivity index (χ1n) is 14.7. The van der Waals surface area contributed by atoms with Gasteiger partial charge in [-0.2, -0.15) is 0 Å². The maximum Gasteiger partial charge on any atom is 0.131 e. The lowest BCUT2D eigenvalue weighted by Gasteiger charge is -2.21. The van der Waals surface area contributed by atoms with Gasteiger partial charge in [0, 0.05) is 31.6 Å². The number of aromatic nitrogens is 2. The second-order valence-corrected chi connectivity index (χ2v) is 12.5. The van der Waals surface area contributed by atoms with E-state index in [1.54, 1.807) is 0 Å². The summed E-state index contributed by atoms with van der Waals surface area (Å²) in [6.45, 7) is 0. The Kier molecular flexibility index (Phi) is 4.68. The average Bonchev–Trinajstić information content (AvgIpc) is 3.59. The van der Waals surface area contributed by atoms with Crippen molar-refractivity contribution < 1.29 is 0 Å². The SMILES string of the molecule is c1ccc2c(c1)Sc1cccc3c4c5ccccc5n(-c5ccc(-c6ccc7c(ccc8ccccc87)c6)cc5)c4n-2c13. The Hall–Kier alpha value is -5.25. The van der Waals surface area contributed by atoms with Crippen LogP contribution in [0.25, 0.3) is 76.9 Å². The minimum absolute atomic E-state index is 1.16. The van der Waals surface area contributed by atoms with Crippen molar-refractivity contribution >= 4 is 66.1 Å². The van der Waals surface area contributed by atoms with Crippen molar-refractivity contribution in [3.8, 4) is 22.5 Å². The molecule has 7 aromatic carbocycles. The zero-order valence-electron chi connectivity index (χ0n) is 23.2. The van der Waals surface area contributed by atoms with Gasteiger partial charge in [-0.25, -0.2) is 0 Å². The van der Waals surface area contributed by atoms with Crippen molar-refractivity contribution in [3.05, 3.63) is 146 Å². The van der Waals surface area contributed by atoms with E-state index in [2.05, 4.69) is 155 Å². The highest BCUT2D eigenvalue weighted by Crippen LogP contribution is 2.49. The van der Waals surface area contributed by atoms with Crippen LogP contribution in [0, 0.1) is 0 Å². The van der Waals surface area contributed by atoms with E-state index in [9.17, 15) is 0 Å². The predicted octanol–water partition coefficient (Wildman–Crippen LogP) is 11.2. The zero-order valence-corrected chi connectivity index (χ0v) is 24.0. The van der Waals surface area contributed by atoms with E-state index in [1.807, 2.05) is 11.8 Å². The Morgan fingerprint density at radius 1 is 0.442 bits per heavy atom. The molecule has 0 unspecified atom stereocenters. The van der Waals surface area contributed by atoms with Gasteiger partial charge in [0.05, 0.1) is 16.7 Å². The standard InChI is InChI=1S/C40H24N2S/c1-2-9-30-26(8-1)16-17-28-24-27(20-23-31(28)30)25-18-21-29(22-19-25)41-34-12-4-3-10-32(34)38-33-11-7-15-37-39(33)42(40(38)41)35-13-5-6-14-36(35)43-37/h1-24H. The Balaban J connectivity index is 1.20. The van der Waals surface area contributed by atoms with Gasteiger partial charge in [-0.1, -0.05) is 115 Å². The van der Waals surface area contributed by atoms with Gasteiger partial charge in [0.15, 0.2) is 0 Å². The molecule has 0 saturated carbocycles. The van der Waals surface area contributed by atoms with Crippen molar-refractivity contribution in [2.75, 3.05) is 0 Å². The molecule has 0 atom stereocenters. The van der Waals surface area contributed by atoms with Crippen LogP contribution >= 0.6 is 11.8 Å². The predicted molar refractivity (Wildman–Crippen MR) is 182 cm³/mol. The third kappa shape index (κ3) is 3.20. The fourth-order valence-electron chi connectivity index (χ4n) is 7.18. The molecule has 0 fully saturated rings. The Bertz CT molecular complexity index is 2580. The molecule has 0 radical (unpaired) electrons. The summed E-state index contributed by atoms with van der Waals surface area (Å²) >= 11 is 1.87. The molecule has 200 valence electrons. The maximum atomic E-state index is 2.49. The summed E-state index contributed by atoms with van der Waals surface area (Å²) in [6.07, 6.45) is 0. The van der Waals surface area contributed by atoms with Crippen LogP contribution in [-0.4, -0.2) is 9.13 Å². The van der Waals surface area contributed by atoms with Crippen molar-refractivity contribution in [1.82, 2.24) is 9.13 Å². The molecule has 2 nitrogen and oxygen atoms in total. The number of para-hydroxylation sites is 3. The molecule has 3 heteroatoms. The van der Waals surface area contributed by atoms with Gasteiger partial charge in [0.1, 0.15) is 5.65 Å². The molecule has 10 rings (SSSR count). The summed E-state index contributed by atoms with van der Waals surface area (Å²) in [5.41, 5.74) is 8.61. The number of hydrogen-bond donors (Lipinski definition) is 0. The lowest BCUT2D eigenvalue weighted by atomic mass is 9.97. The van der Waals surface area contributed by atoms with Gasteiger partial charge >= 0.3 is 0 Å². The Morgan fingerprint density at radius 2 is 1.14 bits per heavy atom. The quantitative estimate of drug-likeness (QED) is 0.190. The average molecular weight is 565 g/mol. The number of benzene rings is 7. The van der Waals surface area contributed by atoms with Crippen LogP contribution in [0.4, 0.5) is 0 Å². The van der Waals surface area contributed by atoms with E-state index in [4.69, 9.17) is 0 Å². The molecule has 0 saturated heterocycles. The van der Waals surface area contributed by atoms with E-state index in [0.717, 1.165) is 5.69 Å². The van der Waals surface area contributed by atoms with Crippen LogP contribution in [0.5, 0.6) is 0 Å². The zero-order chi connectivity index (χ0) is 28.1. The normalized spacial score (nSPS) is 12.6. The molecule has 0 spiro atoms. The lowest BCUT2D eigenvalue weighted by molar-refractivity contribution is 1.03. The Labute approximate surface area is 252 Å². The summed E-state index contributed by atoms with van der Waals surface area (Å²) in [4.78, 5) is 2.60. The van der Waals surface area contributed by atoms with Gasteiger partial charge in [0.2, 0.25) is 0 Å². The van der Waals surface area contributed by atoms with Crippen LogP contribution in [0.15, 0.2) is 155 Å². The molecule has 1 aliphatic heterocycles. The van der Waals surface area contributed by atoms with Gasteiger partial charge in [-0.05, 0) is 75.1 Å². The van der Waals surface area contributed by atoms with Crippen molar-refractivity contribution in [1.29, 1.82) is 0 Å². The number of nitrogens with zero attached hydrogens (tertiary/aromatic N) is 2. The van der Waals surface area contributed by atoms with Crippen LogP contribution in [0.3, 0.4) is 0 Å². The molecular weight excluding hydrogens is 541 g/mol. The first-order valence-corrected chi connectivity index (χ1v) is 15.5. The highest BCUT2D eigenvalue weighted by atomic mass is 32.2. The molecule has 43 heavy (non-hydrogen) atoms. The minimum atomic E-state index is 1.16. The van der Waals surface area contributed by atoms with Gasteiger partial charge < -0.3 is 0 Å². The molecule has 9 aromatic rings. The third-order valence-electron chi connectivity index (χ3n) is 9.08. The van der Waals surface area contributed by atoms with E-state index in [0.29, 0.717) is 0 Å².